The molecule has 1 N–H and O–H groups in total. The number of amides is 1. The van der Waals surface area contributed by atoms with Crippen LogP contribution in [0.4, 0.5) is 0 Å². The number of carbonyl (C=O) groups excluding carboxylic acids is 1. The van der Waals surface area contributed by atoms with E-state index in [2.05, 4.69) is 49.8 Å². The molecule has 0 atom stereocenters. The second kappa shape index (κ2) is 7.16. The Morgan fingerprint density at radius 1 is 1.25 bits per heavy atom. The van der Waals surface area contributed by atoms with Crippen molar-refractivity contribution >= 4 is 11.6 Å². The van der Waals surface area contributed by atoms with Crippen LogP contribution in [0.15, 0.2) is 24.4 Å². The number of aryl methyl sites for hydroxylation is 1. The summed E-state index contributed by atoms with van der Waals surface area (Å²) in [5.41, 5.74) is 3.84. The Kier molecular flexibility index (Phi) is 4.63. The molecule has 28 heavy (non-hydrogen) atoms. The highest BCUT2D eigenvalue weighted by molar-refractivity contribution is 5.79. The van der Waals surface area contributed by atoms with Crippen LogP contribution >= 0.6 is 0 Å². The van der Waals surface area contributed by atoms with Crippen molar-refractivity contribution in [2.75, 3.05) is 39.3 Å². The summed E-state index contributed by atoms with van der Waals surface area (Å²) in [7, 11) is 0. The molecule has 0 bridgehead atoms. The lowest BCUT2D eigenvalue weighted by Gasteiger charge is -2.58. The maximum absolute atomic E-state index is 12.4. The highest BCUT2D eigenvalue weighted by Crippen LogP contribution is 2.52. The summed E-state index contributed by atoms with van der Waals surface area (Å²) in [5.74, 6) is 0.513. The molecule has 0 radical (unpaired) electrons. The van der Waals surface area contributed by atoms with Gasteiger partial charge in [-0.2, -0.15) is 0 Å². The van der Waals surface area contributed by atoms with E-state index in [1.807, 2.05) is 6.07 Å². The van der Waals surface area contributed by atoms with Gasteiger partial charge in [0.05, 0.1) is 11.4 Å². The first-order valence-electron chi connectivity index (χ1n) is 10.8. The minimum atomic E-state index is 0. The smallest absolute Gasteiger partial charge is 0.223 e. The quantitative estimate of drug-likeness (QED) is 0.832. The van der Waals surface area contributed by atoms with Crippen LogP contribution in [0.3, 0.4) is 0 Å². The van der Waals surface area contributed by atoms with E-state index in [0.29, 0.717) is 5.41 Å². The van der Waals surface area contributed by atoms with E-state index in [1.54, 1.807) is 0 Å². The van der Waals surface area contributed by atoms with Crippen LogP contribution in [0.25, 0.3) is 5.65 Å². The van der Waals surface area contributed by atoms with Gasteiger partial charge in [-0.05, 0) is 63.2 Å². The molecule has 1 spiro atoms. The number of likely N-dealkylation sites (tertiary alicyclic amines) is 2. The third kappa shape index (κ3) is 3.33. The molecule has 2 aromatic rings. The molecule has 4 heterocycles. The van der Waals surface area contributed by atoms with E-state index in [0.717, 1.165) is 56.9 Å². The Balaban J connectivity index is 0.00000205. The topological polar surface area (TPSA) is 52.9 Å². The lowest BCUT2D eigenvalue weighted by molar-refractivity contribution is -0.145. The van der Waals surface area contributed by atoms with E-state index in [1.165, 1.54) is 31.6 Å². The number of nitrogens with zero attached hydrogens (tertiary/aromatic N) is 4. The predicted octanol–water partition coefficient (Wildman–Crippen LogP) is 2.31. The Labute approximate surface area is 168 Å². The molecule has 6 nitrogen and oxygen atoms in total. The minimum Gasteiger partial charge on any atom is -0.355 e. The van der Waals surface area contributed by atoms with E-state index >= 15 is 0 Å². The number of hydrogen-bond acceptors (Lipinski definition) is 4. The third-order valence-electron chi connectivity index (χ3n) is 6.98. The number of hydrogen-bond donors (Lipinski definition) is 1. The van der Waals surface area contributed by atoms with Crippen molar-refractivity contribution in [1.29, 1.82) is 0 Å². The molecule has 2 aliphatic heterocycles. The fraction of sp³-hybridized carbons (Fsp3) is 0.636. The highest BCUT2D eigenvalue weighted by Gasteiger charge is 2.54. The molecule has 3 aliphatic rings. The van der Waals surface area contributed by atoms with Crippen molar-refractivity contribution in [2.45, 2.75) is 39.2 Å². The van der Waals surface area contributed by atoms with Gasteiger partial charge >= 0.3 is 0 Å². The SMILES string of the molecule is Cc1nc2ccccn2c1CN1CC2(CC(C(=O)NCCN3CCCC3)C2)C1.[HH]. The molecule has 0 unspecified atom stereocenters. The van der Waals surface area contributed by atoms with Crippen molar-refractivity contribution < 1.29 is 6.22 Å². The maximum atomic E-state index is 12.4. The first-order valence-corrected chi connectivity index (χ1v) is 10.8. The zero-order chi connectivity index (χ0) is 19.1. The van der Waals surface area contributed by atoms with Gasteiger partial charge in [0.25, 0.3) is 0 Å². The largest absolute Gasteiger partial charge is 0.355 e. The molecule has 2 aromatic heterocycles. The van der Waals surface area contributed by atoms with Crippen molar-refractivity contribution in [3.05, 3.63) is 35.8 Å². The highest BCUT2D eigenvalue weighted by atomic mass is 16.1. The number of aromatic nitrogens is 2. The Morgan fingerprint density at radius 2 is 2.04 bits per heavy atom. The molecule has 2 saturated heterocycles. The molecule has 1 amide bonds. The van der Waals surface area contributed by atoms with Crippen molar-refractivity contribution in [1.82, 2.24) is 24.5 Å². The normalized spacial score (nSPS) is 22.5. The number of imidazole rings is 1. The van der Waals surface area contributed by atoms with Crippen molar-refractivity contribution in [2.24, 2.45) is 11.3 Å². The van der Waals surface area contributed by atoms with Gasteiger partial charge in [0.2, 0.25) is 5.91 Å². The van der Waals surface area contributed by atoms with Crippen LogP contribution in [-0.2, 0) is 11.3 Å². The minimum absolute atomic E-state index is 0. The summed E-state index contributed by atoms with van der Waals surface area (Å²) in [6, 6.07) is 6.16. The molecule has 5 rings (SSSR count). The Morgan fingerprint density at radius 3 is 2.82 bits per heavy atom. The van der Waals surface area contributed by atoms with Gasteiger partial charge in [-0.25, -0.2) is 4.98 Å². The number of carbonyl (C=O) groups is 1. The lowest BCUT2D eigenvalue weighted by atomic mass is 9.57. The number of nitrogens with one attached hydrogen (secondary N) is 1. The van der Waals surface area contributed by atoms with Gasteiger partial charge in [0, 0.05) is 46.3 Å². The first kappa shape index (κ1) is 18.1. The lowest BCUT2D eigenvalue weighted by Crippen LogP contribution is -2.63. The zero-order valence-corrected chi connectivity index (χ0v) is 16.9. The third-order valence-corrected chi connectivity index (χ3v) is 6.98. The Hall–Kier alpha value is -1.92. The summed E-state index contributed by atoms with van der Waals surface area (Å²) >= 11 is 0. The van der Waals surface area contributed by atoms with E-state index in [9.17, 15) is 4.79 Å². The van der Waals surface area contributed by atoms with Crippen LogP contribution in [0, 0.1) is 18.3 Å². The molecule has 3 fully saturated rings. The van der Waals surface area contributed by atoms with Crippen LogP contribution in [-0.4, -0.2) is 64.4 Å². The predicted molar refractivity (Wildman–Crippen MR) is 111 cm³/mol. The monoisotopic (exact) mass is 383 g/mol. The summed E-state index contributed by atoms with van der Waals surface area (Å²) in [4.78, 5) is 22.0. The van der Waals surface area contributed by atoms with E-state index in [-0.39, 0.29) is 13.3 Å². The fourth-order valence-corrected chi connectivity index (χ4v) is 5.50. The van der Waals surface area contributed by atoms with Gasteiger partial charge in [-0.3, -0.25) is 9.69 Å². The second-order valence-electron chi connectivity index (χ2n) is 9.16. The number of fused-ring (bicyclic) bond motifs is 1. The average molecular weight is 384 g/mol. The van der Waals surface area contributed by atoms with Crippen LogP contribution < -0.4 is 5.32 Å². The summed E-state index contributed by atoms with van der Waals surface area (Å²) in [6.07, 6.45) is 6.84. The van der Waals surface area contributed by atoms with Gasteiger partial charge in [-0.1, -0.05) is 6.07 Å². The van der Waals surface area contributed by atoms with E-state index < -0.39 is 0 Å². The van der Waals surface area contributed by atoms with Gasteiger partial charge in [0.1, 0.15) is 5.65 Å². The maximum Gasteiger partial charge on any atom is 0.223 e. The van der Waals surface area contributed by atoms with Crippen LogP contribution in [0.2, 0.25) is 0 Å². The van der Waals surface area contributed by atoms with Crippen LogP contribution in [0.5, 0.6) is 0 Å². The summed E-state index contributed by atoms with van der Waals surface area (Å²) in [6.45, 7) is 9.50. The van der Waals surface area contributed by atoms with E-state index in [4.69, 9.17) is 0 Å². The fourth-order valence-electron chi connectivity index (χ4n) is 5.50. The average Bonchev–Trinajstić information content (AvgIpc) is 3.23. The second-order valence-corrected chi connectivity index (χ2v) is 9.16. The number of rotatable bonds is 6. The molecule has 1 aliphatic carbocycles. The van der Waals surface area contributed by atoms with Crippen molar-refractivity contribution in [3.63, 3.8) is 0 Å². The zero-order valence-electron chi connectivity index (χ0n) is 16.9. The van der Waals surface area contributed by atoms with Crippen LogP contribution in [0.1, 0.15) is 38.5 Å². The van der Waals surface area contributed by atoms with Gasteiger partial charge < -0.3 is 14.6 Å². The molecular weight excluding hydrogens is 350 g/mol. The Bertz CT molecular complexity index is 861. The standard InChI is InChI=1S/C22H31N5O.H2/c1-17-19(27-10-3-2-6-20(27)24-17)14-26-15-22(16-26)12-18(13-22)21(28)23-7-11-25-8-4-5-9-25;/h2-3,6,10,18H,4-5,7-9,11-16H2,1H3,(H,23,28);1H. The van der Waals surface area contributed by atoms with Gasteiger partial charge in [-0.15, -0.1) is 0 Å². The summed E-state index contributed by atoms with van der Waals surface area (Å²) < 4.78 is 2.21. The molecule has 0 aromatic carbocycles. The van der Waals surface area contributed by atoms with Crippen molar-refractivity contribution in [3.8, 4) is 0 Å². The molecule has 6 heteroatoms. The summed E-state index contributed by atoms with van der Waals surface area (Å²) in [5, 5.41) is 3.17. The molecular formula is C22H33N5O. The number of pyridine rings is 1. The molecule has 1 saturated carbocycles. The van der Waals surface area contributed by atoms with Gasteiger partial charge in [0.15, 0.2) is 0 Å². The molecule has 152 valence electrons. The first-order chi connectivity index (χ1) is 13.6.